The van der Waals surface area contributed by atoms with Crippen LogP contribution >= 0.6 is 0 Å². The predicted molar refractivity (Wildman–Crippen MR) is 85.2 cm³/mol. The lowest BCUT2D eigenvalue weighted by atomic mass is 9.96. The summed E-state index contributed by atoms with van der Waals surface area (Å²) in [7, 11) is 0. The average Bonchev–Trinajstić information content (AvgIpc) is 2.46. The van der Waals surface area contributed by atoms with E-state index in [1.54, 1.807) is 0 Å². The SMILES string of the molecule is Cc1ccc(C(=O)N2CCc3c(N)cccc3C2)c(C)c1. The molecule has 0 aromatic heterocycles. The first kappa shape index (κ1) is 13.7. The zero-order valence-corrected chi connectivity index (χ0v) is 12.5. The number of hydrogen-bond acceptors (Lipinski definition) is 2. The highest BCUT2D eigenvalue weighted by Gasteiger charge is 2.23. The number of fused-ring (bicyclic) bond motifs is 1. The maximum absolute atomic E-state index is 12.7. The van der Waals surface area contributed by atoms with E-state index in [0.29, 0.717) is 6.54 Å². The minimum Gasteiger partial charge on any atom is -0.398 e. The van der Waals surface area contributed by atoms with Crippen LogP contribution < -0.4 is 5.73 Å². The van der Waals surface area contributed by atoms with E-state index in [0.717, 1.165) is 29.8 Å². The largest absolute Gasteiger partial charge is 0.398 e. The highest BCUT2D eigenvalue weighted by Crippen LogP contribution is 2.25. The molecule has 108 valence electrons. The maximum Gasteiger partial charge on any atom is 0.254 e. The van der Waals surface area contributed by atoms with E-state index >= 15 is 0 Å². The van der Waals surface area contributed by atoms with Gasteiger partial charge in [-0.15, -0.1) is 0 Å². The summed E-state index contributed by atoms with van der Waals surface area (Å²) in [5.74, 6) is 0.112. The Morgan fingerprint density at radius 1 is 1.19 bits per heavy atom. The monoisotopic (exact) mass is 280 g/mol. The molecule has 3 rings (SSSR count). The molecule has 1 amide bonds. The van der Waals surface area contributed by atoms with Crippen LogP contribution in [0.3, 0.4) is 0 Å². The molecule has 0 atom stereocenters. The first-order valence-corrected chi connectivity index (χ1v) is 7.29. The molecule has 0 saturated carbocycles. The van der Waals surface area contributed by atoms with Gasteiger partial charge in [-0.1, -0.05) is 29.8 Å². The summed E-state index contributed by atoms with van der Waals surface area (Å²) in [5, 5.41) is 0. The molecule has 1 heterocycles. The molecule has 0 aliphatic carbocycles. The van der Waals surface area contributed by atoms with Crippen molar-refractivity contribution in [2.75, 3.05) is 12.3 Å². The first-order valence-electron chi connectivity index (χ1n) is 7.29. The Kier molecular flexibility index (Phi) is 3.42. The maximum atomic E-state index is 12.7. The van der Waals surface area contributed by atoms with Crippen molar-refractivity contribution in [2.45, 2.75) is 26.8 Å². The van der Waals surface area contributed by atoms with E-state index < -0.39 is 0 Å². The van der Waals surface area contributed by atoms with Crippen LogP contribution in [0.2, 0.25) is 0 Å². The molecule has 2 N–H and O–H groups in total. The van der Waals surface area contributed by atoms with Gasteiger partial charge in [-0.3, -0.25) is 4.79 Å². The Labute approximate surface area is 125 Å². The second kappa shape index (κ2) is 5.24. The smallest absolute Gasteiger partial charge is 0.254 e. The zero-order chi connectivity index (χ0) is 15.0. The number of nitrogens with two attached hydrogens (primary N) is 1. The summed E-state index contributed by atoms with van der Waals surface area (Å²) >= 11 is 0. The van der Waals surface area contributed by atoms with Gasteiger partial charge < -0.3 is 10.6 Å². The number of nitrogens with zero attached hydrogens (tertiary/aromatic N) is 1. The lowest BCUT2D eigenvalue weighted by Crippen LogP contribution is -2.36. The molecule has 0 unspecified atom stereocenters. The quantitative estimate of drug-likeness (QED) is 0.816. The third kappa shape index (κ3) is 2.51. The van der Waals surface area contributed by atoms with Crippen molar-refractivity contribution in [3.05, 3.63) is 64.2 Å². The molecule has 1 aliphatic heterocycles. The first-order chi connectivity index (χ1) is 10.1. The number of amides is 1. The second-order valence-corrected chi connectivity index (χ2v) is 5.78. The van der Waals surface area contributed by atoms with Gasteiger partial charge in [0, 0.05) is 24.3 Å². The van der Waals surface area contributed by atoms with E-state index in [9.17, 15) is 4.79 Å². The molecule has 2 aromatic carbocycles. The minimum atomic E-state index is 0.112. The van der Waals surface area contributed by atoms with E-state index in [4.69, 9.17) is 5.73 Å². The molecule has 3 nitrogen and oxygen atoms in total. The fourth-order valence-electron chi connectivity index (χ4n) is 3.04. The highest BCUT2D eigenvalue weighted by molar-refractivity contribution is 5.95. The summed E-state index contributed by atoms with van der Waals surface area (Å²) < 4.78 is 0. The Morgan fingerprint density at radius 3 is 2.76 bits per heavy atom. The second-order valence-electron chi connectivity index (χ2n) is 5.78. The number of carbonyl (C=O) groups is 1. The van der Waals surface area contributed by atoms with Gasteiger partial charge in [0.2, 0.25) is 0 Å². The molecular formula is C18H20N2O. The van der Waals surface area contributed by atoms with Gasteiger partial charge in [0.1, 0.15) is 0 Å². The average molecular weight is 280 g/mol. The van der Waals surface area contributed by atoms with Crippen molar-refractivity contribution in [1.29, 1.82) is 0 Å². The molecular weight excluding hydrogens is 260 g/mol. The predicted octanol–water partition coefficient (Wildman–Crippen LogP) is 3.08. The van der Waals surface area contributed by atoms with Gasteiger partial charge in [-0.25, -0.2) is 0 Å². The fraction of sp³-hybridized carbons (Fsp3) is 0.278. The van der Waals surface area contributed by atoms with E-state index in [1.807, 2.05) is 43.0 Å². The van der Waals surface area contributed by atoms with Gasteiger partial charge in [0.05, 0.1) is 0 Å². The Bertz CT molecular complexity index is 706. The summed E-state index contributed by atoms with van der Waals surface area (Å²) in [6.45, 7) is 5.41. The molecule has 3 heteroatoms. The van der Waals surface area contributed by atoms with Crippen molar-refractivity contribution >= 4 is 11.6 Å². The topological polar surface area (TPSA) is 46.3 Å². The number of aryl methyl sites for hydroxylation is 2. The third-order valence-corrected chi connectivity index (χ3v) is 4.20. The van der Waals surface area contributed by atoms with Crippen LogP contribution in [0.5, 0.6) is 0 Å². The number of benzene rings is 2. The third-order valence-electron chi connectivity index (χ3n) is 4.20. The summed E-state index contributed by atoms with van der Waals surface area (Å²) in [6.07, 6.45) is 0.832. The lowest BCUT2D eigenvalue weighted by molar-refractivity contribution is 0.0734. The van der Waals surface area contributed by atoms with Crippen molar-refractivity contribution in [3.8, 4) is 0 Å². The number of carbonyl (C=O) groups excluding carboxylic acids is 1. The summed E-state index contributed by atoms with van der Waals surface area (Å²) in [4.78, 5) is 14.6. The van der Waals surface area contributed by atoms with Gasteiger partial charge in [-0.05, 0) is 49.1 Å². The van der Waals surface area contributed by atoms with E-state index in [-0.39, 0.29) is 5.91 Å². The molecule has 0 fully saturated rings. The van der Waals surface area contributed by atoms with E-state index in [1.165, 1.54) is 16.7 Å². The van der Waals surface area contributed by atoms with Crippen LogP contribution in [0.25, 0.3) is 0 Å². The Balaban J connectivity index is 1.87. The van der Waals surface area contributed by atoms with Crippen molar-refractivity contribution in [3.63, 3.8) is 0 Å². The van der Waals surface area contributed by atoms with Crippen molar-refractivity contribution in [2.24, 2.45) is 0 Å². The standard InChI is InChI=1S/C18H20N2O/c1-12-6-7-15(13(2)10-12)18(21)20-9-8-16-14(11-20)4-3-5-17(16)19/h3-7,10H,8-9,11,19H2,1-2H3. The van der Waals surface area contributed by atoms with Gasteiger partial charge in [0.25, 0.3) is 5.91 Å². The van der Waals surface area contributed by atoms with Crippen molar-refractivity contribution < 1.29 is 4.79 Å². The van der Waals surface area contributed by atoms with Crippen molar-refractivity contribution in [1.82, 2.24) is 4.90 Å². The summed E-state index contributed by atoms with van der Waals surface area (Å²) in [5.41, 5.74) is 12.2. The molecule has 0 saturated heterocycles. The number of nitrogen functional groups attached to an aromatic ring is 1. The van der Waals surface area contributed by atoms with Crippen LogP contribution in [-0.4, -0.2) is 17.4 Å². The molecule has 0 radical (unpaired) electrons. The summed E-state index contributed by atoms with van der Waals surface area (Å²) in [6, 6.07) is 11.9. The number of hydrogen-bond donors (Lipinski definition) is 1. The van der Waals surface area contributed by atoms with Crippen LogP contribution in [0, 0.1) is 13.8 Å². The number of rotatable bonds is 1. The van der Waals surface area contributed by atoms with Crippen LogP contribution in [0.15, 0.2) is 36.4 Å². The van der Waals surface area contributed by atoms with Gasteiger partial charge in [0.15, 0.2) is 0 Å². The normalized spacial score (nSPS) is 13.9. The molecule has 0 bridgehead atoms. The lowest BCUT2D eigenvalue weighted by Gasteiger charge is -2.30. The van der Waals surface area contributed by atoms with Gasteiger partial charge in [-0.2, -0.15) is 0 Å². The van der Waals surface area contributed by atoms with E-state index in [2.05, 4.69) is 12.1 Å². The molecule has 1 aliphatic rings. The van der Waals surface area contributed by atoms with Crippen LogP contribution in [-0.2, 0) is 13.0 Å². The fourth-order valence-corrected chi connectivity index (χ4v) is 3.04. The minimum absolute atomic E-state index is 0.112. The molecule has 21 heavy (non-hydrogen) atoms. The molecule has 2 aromatic rings. The highest BCUT2D eigenvalue weighted by atomic mass is 16.2. The van der Waals surface area contributed by atoms with Gasteiger partial charge >= 0.3 is 0 Å². The zero-order valence-electron chi connectivity index (χ0n) is 12.5. The Morgan fingerprint density at radius 2 is 2.00 bits per heavy atom. The van der Waals surface area contributed by atoms with Crippen LogP contribution in [0.4, 0.5) is 5.69 Å². The molecule has 0 spiro atoms. The Hall–Kier alpha value is -2.29. The number of anilines is 1. The van der Waals surface area contributed by atoms with Crippen LogP contribution in [0.1, 0.15) is 32.6 Å².